The molecule has 15 heteroatoms. The third kappa shape index (κ3) is 7.29. The van der Waals surface area contributed by atoms with Gasteiger partial charge in [-0.2, -0.15) is 0 Å². The summed E-state index contributed by atoms with van der Waals surface area (Å²) in [6, 6.07) is 22.9. The standard InChI is InChI=1S/C47H51NO14/c1-25-31(60-43(56)36(52)35(28-16-10-7-11-17-28)48-41(54)29-18-12-8-13-19-29)23-47(57)40(61-42(55)30-20-14-9-15-21-30)38-45(6,32(51)22-33-46(38,24-58-33)62-27(3)50)39(53)37(59-26(2)49)34(25)44(47,4)5/h7-21,31-33,35-38,40,51-52,57H,22-24H2,1-6H3,(H,48,54)/t31?,32-,33+,35?,36+,37?,38-,40-,45+,46-,47+/m0/s1. The number of aliphatic hydroxyl groups is 3. The van der Waals surface area contributed by atoms with Crippen LogP contribution in [0.2, 0.25) is 0 Å². The number of hydrogen-bond acceptors (Lipinski definition) is 14. The average molecular weight is 854 g/mol. The molecule has 0 aromatic heterocycles. The number of Topliss-reactive ketones (excluding diaryl/α,β-unsaturated/α-hetero) is 1. The molecule has 11 atom stereocenters. The van der Waals surface area contributed by atoms with Gasteiger partial charge in [-0.1, -0.05) is 80.6 Å². The SMILES string of the molecule is CC(=O)OC1C(=O)[C@@]2(C)[C@H]([C@H](OC(=O)c3ccccc3)[C@]3(O)CC(OC(=O)[C@H](O)C(NC(=O)c4ccccc4)c4ccccc4)C(C)=C1C3(C)C)[C@]1(OC(C)=O)CO[C@@H]1C[C@@H]2O. The van der Waals surface area contributed by atoms with E-state index in [1.165, 1.54) is 26.0 Å². The van der Waals surface area contributed by atoms with Gasteiger partial charge in [-0.05, 0) is 54.8 Å². The molecule has 328 valence electrons. The molecule has 1 amide bonds. The molecular formula is C47H51NO14. The molecule has 3 fully saturated rings. The molecule has 0 spiro atoms. The molecule has 62 heavy (non-hydrogen) atoms. The molecule has 1 heterocycles. The Balaban J connectivity index is 1.39. The first-order valence-corrected chi connectivity index (χ1v) is 20.5. The molecule has 4 N–H and O–H groups in total. The molecule has 2 bridgehead atoms. The number of carbonyl (C=O) groups excluding carboxylic acids is 6. The second-order valence-electron chi connectivity index (χ2n) is 17.4. The highest BCUT2D eigenvalue weighted by Gasteiger charge is 2.78. The molecule has 1 aliphatic heterocycles. The predicted octanol–water partition coefficient (Wildman–Crippen LogP) is 3.74. The fourth-order valence-corrected chi connectivity index (χ4v) is 10.2. The van der Waals surface area contributed by atoms with Crippen molar-refractivity contribution in [2.24, 2.45) is 16.7 Å². The van der Waals surface area contributed by atoms with Gasteiger partial charge in [-0.25, -0.2) is 9.59 Å². The second kappa shape index (κ2) is 16.5. The highest BCUT2D eigenvalue weighted by Crippen LogP contribution is 2.64. The Morgan fingerprint density at radius 1 is 0.823 bits per heavy atom. The van der Waals surface area contributed by atoms with E-state index in [4.69, 9.17) is 23.7 Å². The summed E-state index contributed by atoms with van der Waals surface area (Å²) in [5, 5.41) is 40.2. The first kappa shape index (κ1) is 44.3. The smallest absolute Gasteiger partial charge is 0.338 e. The van der Waals surface area contributed by atoms with E-state index in [0.717, 1.165) is 13.8 Å². The van der Waals surface area contributed by atoms with Crippen molar-refractivity contribution < 1.29 is 67.8 Å². The number of amides is 1. The van der Waals surface area contributed by atoms with Gasteiger partial charge in [-0.15, -0.1) is 0 Å². The van der Waals surface area contributed by atoms with Crippen molar-refractivity contribution in [3.63, 3.8) is 0 Å². The number of esters is 4. The van der Waals surface area contributed by atoms with Crippen molar-refractivity contribution in [2.45, 2.75) is 108 Å². The van der Waals surface area contributed by atoms with Gasteiger partial charge in [0, 0.05) is 37.7 Å². The molecule has 3 aliphatic carbocycles. The molecule has 7 rings (SSSR count). The number of rotatable bonds is 10. The van der Waals surface area contributed by atoms with E-state index in [2.05, 4.69) is 5.32 Å². The second-order valence-corrected chi connectivity index (χ2v) is 17.4. The van der Waals surface area contributed by atoms with Crippen molar-refractivity contribution in [3.8, 4) is 0 Å². The van der Waals surface area contributed by atoms with Crippen LogP contribution in [0.5, 0.6) is 0 Å². The number of benzene rings is 3. The molecule has 3 aromatic carbocycles. The van der Waals surface area contributed by atoms with E-state index in [0.29, 0.717) is 5.56 Å². The van der Waals surface area contributed by atoms with Crippen molar-refractivity contribution in [3.05, 3.63) is 119 Å². The van der Waals surface area contributed by atoms with Gasteiger partial charge >= 0.3 is 23.9 Å². The van der Waals surface area contributed by atoms with Crippen molar-refractivity contribution in [1.29, 1.82) is 0 Å². The molecule has 3 aromatic rings. The number of ether oxygens (including phenoxy) is 5. The maximum absolute atomic E-state index is 15.5. The number of nitrogens with one attached hydrogen (secondary N) is 1. The van der Waals surface area contributed by atoms with E-state index in [9.17, 15) is 39.3 Å². The Bertz CT molecular complexity index is 2280. The molecule has 15 nitrogen and oxygen atoms in total. The van der Waals surface area contributed by atoms with Crippen LogP contribution in [-0.4, -0.2) is 105 Å². The largest absolute Gasteiger partial charge is 0.456 e. The van der Waals surface area contributed by atoms with Crippen molar-refractivity contribution in [2.75, 3.05) is 6.61 Å². The Morgan fingerprint density at radius 3 is 1.95 bits per heavy atom. The molecule has 4 aliphatic rings. The number of hydrogen-bond donors (Lipinski definition) is 4. The lowest BCUT2D eigenvalue weighted by Gasteiger charge is -2.67. The van der Waals surface area contributed by atoms with Crippen LogP contribution in [0.15, 0.2) is 102 Å². The molecule has 3 unspecified atom stereocenters. The zero-order chi connectivity index (χ0) is 44.9. The van der Waals surface area contributed by atoms with Gasteiger partial charge in [0.1, 0.15) is 23.9 Å². The highest BCUT2D eigenvalue weighted by molar-refractivity contribution is 5.96. The predicted molar refractivity (Wildman–Crippen MR) is 218 cm³/mol. The third-order valence-corrected chi connectivity index (χ3v) is 13.5. The highest BCUT2D eigenvalue weighted by atomic mass is 16.6. The van der Waals surface area contributed by atoms with Gasteiger partial charge in [0.25, 0.3) is 5.91 Å². The van der Waals surface area contributed by atoms with Crippen LogP contribution in [0.3, 0.4) is 0 Å². The monoisotopic (exact) mass is 853 g/mol. The number of aliphatic hydroxyl groups excluding tert-OH is 2. The summed E-state index contributed by atoms with van der Waals surface area (Å²) in [5.74, 6) is -6.84. The fourth-order valence-electron chi connectivity index (χ4n) is 10.2. The topological polar surface area (TPSA) is 221 Å². The van der Waals surface area contributed by atoms with E-state index < -0.39 is 113 Å². The summed E-state index contributed by atoms with van der Waals surface area (Å²) in [4.78, 5) is 83.5. The lowest BCUT2D eigenvalue weighted by molar-refractivity contribution is -0.346. The van der Waals surface area contributed by atoms with Crippen LogP contribution in [-0.2, 0) is 42.9 Å². The summed E-state index contributed by atoms with van der Waals surface area (Å²) in [6.45, 7) is 7.97. The minimum absolute atomic E-state index is 0.00289. The van der Waals surface area contributed by atoms with E-state index >= 15 is 4.79 Å². The summed E-state index contributed by atoms with van der Waals surface area (Å²) >= 11 is 0. The lowest BCUT2D eigenvalue weighted by Crippen LogP contribution is -2.82. The lowest BCUT2D eigenvalue weighted by atomic mass is 9.44. The zero-order valence-corrected chi connectivity index (χ0v) is 35.2. The van der Waals surface area contributed by atoms with Gasteiger partial charge in [0.05, 0.1) is 35.6 Å². The fraction of sp³-hybridized carbons (Fsp3) is 0.447. The first-order chi connectivity index (χ1) is 29.3. The van der Waals surface area contributed by atoms with E-state index in [-0.39, 0.29) is 35.3 Å². The summed E-state index contributed by atoms with van der Waals surface area (Å²) < 4.78 is 30.3. The Labute approximate surface area is 358 Å². The van der Waals surface area contributed by atoms with Crippen LogP contribution in [0.25, 0.3) is 0 Å². The van der Waals surface area contributed by atoms with E-state index in [1.807, 2.05) is 0 Å². The summed E-state index contributed by atoms with van der Waals surface area (Å²) in [6.07, 6.45) is -10.5. The van der Waals surface area contributed by atoms with E-state index in [1.54, 1.807) is 92.7 Å². The van der Waals surface area contributed by atoms with Gasteiger partial charge < -0.3 is 44.3 Å². The van der Waals surface area contributed by atoms with Crippen molar-refractivity contribution >= 4 is 35.6 Å². The van der Waals surface area contributed by atoms with Crippen LogP contribution < -0.4 is 5.32 Å². The van der Waals surface area contributed by atoms with Crippen LogP contribution in [0.4, 0.5) is 0 Å². The van der Waals surface area contributed by atoms with Crippen LogP contribution >= 0.6 is 0 Å². The molecule has 2 saturated carbocycles. The maximum atomic E-state index is 15.5. The van der Waals surface area contributed by atoms with Crippen LogP contribution in [0.1, 0.15) is 86.7 Å². The van der Waals surface area contributed by atoms with Gasteiger partial charge in [0.15, 0.2) is 23.6 Å². The molecule has 1 saturated heterocycles. The van der Waals surface area contributed by atoms with Gasteiger partial charge in [0.2, 0.25) is 0 Å². The van der Waals surface area contributed by atoms with Crippen LogP contribution in [0, 0.1) is 16.7 Å². The minimum atomic E-state index is -2.39. The third-order valence-electron chi connectivity index (χ3n) is 13.5. The average Bonchev–Trinajstić information content (AvgIpc) is 3.24. The normalized spacial score (nSPS) is 31.9. The summed E-state index contributed by atoms with van der Waals surface area (Å²) in [5.41, 5.74) is -7.02. The quantitative estimate of drug-likeness (QED) is 0.130. The number of carbonyl (C=O) groups is 6. The maximum Gasteiger partial charge on any atom is 0.338 e. The number of fused-ring (bicyclic) bond motifs is 5. The first-order valence-electron chi connectivity index (χ1n) is 20.5. The summed E-state index contributed by atoms with van der Waals surface area (Å²) in [7, 11) is 0. The Morgan fingerprint density at radius 2 is 1.40 bits per heavy atom. The van der Waals surface area contributed by atoms with Gasteiger partial charge in [-0.3, -0.25) is 19.2 Å². The zero-order valence-electron chi connectivity index (χ0n) is 35.2. The Kier molecular flexibility index (Phi) is 11.8. The Hall–Kier alpha value is -5.74. The van der Waals surface area contributed by atoms with Crippen molar-refractivity contribution in [1.82, 2.24) is 5.32 Å². The number of ketones is 1. The minimum Gasteiger partial charge on any atom is -0.456 e. The molecule has 0 radical (unpaired) electrons. The molecular weight excluding hydrogens is 803 g/mol.